The van der Waals surface area contributed by atoms with E-state index in [1.807, 2.05) is 31.2 Å². The molecule has 0 bridgehead atoms. The minimum atomic E-state index is 0.0141. The normalized spacial score (nSPS) is 15.9. The molecule has 124 valence electrons. The summed E-state index contributed by atoms with van der Waals surface area (Å²) in [6, 6.07) is 8.00. The SMILES string of the molecule is Cc1nn(CC(=O)NCCCN2CCOCC2)c2ccccc12. The molecule has 1 saturated heterocycles. The molecule has 2 aromatic rings. The largest absolute Gasteiger partial charge is 0.379 e. The summed E-state index contributed by atoms with van der Waals surface area (Å²) in [5, 5.41) is 8.56. The Morgan fingerprint density at radius 3 is 2.91 bits per heavy atom. The molecule has 1 aromatic heterocycles. The van der Waals surface area contributed by atoms with Crippen molar-refractivity contribution >= 4 is 16.8 Å². The molecule has 1 aliphatic heterocycles. The second kappa shape index (κ2) is 7.57. The predicted octanol–water partition coefficient (Wildman–Crippen LogP) is 1.18. The zero-order chi connectivity index (χ0) is 16.1. The summed E-state index contributed by atoms with van der Waals surface area (Å²) >= 11 is 0. The Hall–Kier alpha value is -1.92. The predicted molar refractivity (Wildman–Crippen MR) is 89.4 cm³/mol. The summed E-state index contributed by atoms with van der Waals surface area (Å²) in [6.07, 6.45) is 0.963. The van der Waals surface area contributed by atoms with E-state index in [1.165, 1.54) is 0 Å². The van der Waals surface area contributed by atoms with Gasteiger partial charge < -0.3 is 10.1 Å². The zero-order valence-corrected chi connectivity index (χ0v) is 13.6. The molecule has 3 rings (SSSR count). The lowest BCUT2D eigenvalue weighted by Gasteiger charge is -2.26. The summed E-state index contributed by atoms with van der Waals surface area (Å²) in [6.45, 7) is 7.57. The third-order valence-electron chi connectivity index (χ3n) is 4.21. The highest BCUT2D eigenvalue weighted by atomic mass is 16.5. The molecular formula is C17H24N4O2. The number of para-hydroxylation sites is 1. The monoisotopic (exact) mass is 316 g/mol. The Morgan fingerprint density at radius 1 is 1.30 bits per heavy atom. The van der Waals surface area contributed by atoms with E-state index in [4.69, 9.17) is 4.74 Å². The minimum absolute atomic E-state index is 0.0141. The molecule has 0 spiro atoms. The molecule has 0 radical (unpaired) electrons. The van der Waals surface area contributed by atoms with Crippen molar-refractivity contribution in [3.63, 3.8) is 0 Å². The number of nitrogens with one attached hydrogen (secondary N) is 1. The van der Waals surface area contributed by atoms with Gasteiger partial charge in [0.15, 0.2) is 0 Å². The van der Waals surface area contributed by atoms with E-state index in [0.717, 1.165) is 55.9 Å². The number of carbonyl (C=O) groups excluding carboxylic acids is 1. The third kappa shape index (κ3) is 4.09. The number of benzene rings is 1. The van der Waals surface area contributed by atoms with Gasteiger partial charge in [-0.1, -0.05) is 18.2 Å². The molecule has 0 aliphatic carbocycles. The van der Waals surface area contributed by atoms with Crippen LogP contribution in [0.5, 0.6) is 0 Å². The first-order valence-electron chi connectivity index (χ1n) is 8.23. The first-order valence-corrected chi connectivity index (χ1v) is 8.23. The van der Waals surface area contributed by atoms with E-state index < -0.39 is 0 Å². The molecule has 1 fully saturated rings. The summed E-state index contributed by atoms with van der Waals surface area (Å²) in [5.74, 6) is 0.0141. The Kier molecular flexibility index (Phi) is 5.25. The summed E-state index contributed by atoms with van der Waals surface area (Å²) in [7, 11) is 0. The van der Waals surface area contributed by atoms with E-state index in [1.54, 1.807) is 4.68 Å². The second-order valence-corrected chi connectivity index (χ2v) is 5.92. The first kappa shape index (κ1) is 16.0. The van der Waals surface area contributed by atoms with Crippen LogP contribution in [0.25, 0.3) is 10.9 Å². The van der Waals surface area contributed by atoms with Gasteiger partial charge in [0.05, 0.1) is 24.4 Å². The van der Waals surface area contributed by atoms with E-state index in [0.29, 0.717) is 6.54 Å². The van der Waals surface area contributed by atoms with Crippen LogP contribution in [-0.2, 0) is 16.1 Å². The van der Waals surface area contributed by atoms with E-state index in [9.17, 15) is 4.79 Å². The Morgan fingerprint density at radius 2 is 2.09 bits per heavy atom. The summed E-state index contributed by atoms with van der Waals surface area (Å²) < 4.78 is 7.11. The van der Waals surface area contributed by atoms with Crippen molar-refractivity contribution in [1.82, 2.24) is 20.0 Å². The Labute approximate surface area is 136 Å². The van der Waals surface area contributed by atoms with E-state index in [-0.39, 0.29) is 12.5 Å². The van der Waals surface area contributed by atoms with Crippen LogP contribution >= 0.6 is 0 Å². The number of aromatic nitrogens is 2. The quantitative estimate of drug-likeness (QED) is 0.813. The average Bonchev–Trinajstić information content (AvgIpc) is 2.89. The zero-order valence-electron chi connectivity index (χ0n) is 13.6. The van der Waals surface area contributed by atoms with Crippen molar-refractivity contribution in [3.8, 4) is 0 Å². The van der Waals surface area contributed by atoms with Gasteiger partial charge >= 0.3 is 0 Å². The van der Waals surface area contributed by atoms with Gasteiger partial charge in [-0.25, -0.2) is 0 Å². The molecule has 0 saturated carbocycles. The Balaban J connectivity index is 1.45. The lowest BCUT2D eigenvalue weighted by Crippen LogP contribution is -2.38. The maximum atomic E-state index is 12.1. The highest BCUT2D eigenvalue weighted by molar-refractivity contribution is 5.84. The van der Waals surface area contributed by atoms with Crippen LogP contribution in [0, 0.1) is 6.92 Å². The third-order valence-corrected chi connectivity index (χ3v) is 4.21. The second-order valence-electron chi connectivity index (χ2n) is 5.92. The van der Waals surface area contributed by atoms with Crippen molar-refractivity contribution in [2.45, 2.75) is 19.9 Å². The number of rotatable bonds is 6. The van der Waals surface area contributed by atoms with Crippen LogP contribution in [0.4, 0.5) is 0 Å². The van der Waals surface area contributed by atoms with Gasteiger partial charge in [0, 0.05) is 25.0 Å². The molecule has 1 N–H and O–H groups in total. The van der Waals surface area contributed by atoms with Gasteiger partial charge in [-0.3, -0.25) is 14.4 Å². The number of ether oxygens (including phenoxy) is 1. The number of nitrogens with zero attached hydrogens (tertiary/aromatic N) is 3. The Bertz CT molecular complexity index is 662. The molecular weight excluding hydrogens is 292 g/mol. The lowest BCUT2D eigenvalue weighted by molar-refractivity contribution is -0.121. The van der Waals surface area contributed by atoms with Crippen LogP contribution in [0.15, 0.2) is 24.3 Å². The standard InChI is InChI=1S/C17H24N4O2/c1-14-15-5-2-3-6-16(15)21(19-14)13-17(22)18-7-4-8-20-9-11-23-12-10-20/h2-3,5-6H,4,7-13H2,1H3,(H,18,22). The number of hydrogen-bond donors (Lipinski definition) is 1. The van der Waals surface area contributed by atoms with Gasteiger partial charge in [0.2, 0.25) is 5.91 Å². The smallest absolute Gasteiger partial charge is 0.241 e. The van der Waals surface area contributed by atoms with Gasteiger partial charge in [0.1, 0.15) is 6.54 Å². The molecule has 2 heterocycles. The maximum Gasteiger partial charge on any atom is 0.241 e. The molecule has 1 aromatic carbocycles. The molecule has 0 unspecified atom stereocenters. The number of fused-ring (bicyclic) bond motifs is 1. The average molecular weight is 316 g/mol. The molecule has 1 amide bonds. The highest BCUT2D eigenvalue weighted by Crippen LogP contribution is 2.17. The van der Waals surface area contributed by atoms with Crippen LogP contribution in [0.3, 0.4) is 0 Å². The van der Waals surface area contributed by atoms with Crippen LogP contribution < -0.4 is 5.32 Å². The van der Waals surface area contributed by atoms with Crippen LogP contribution in [0.2, 0.25) is 0 Å². The van der Waals surface area contributed by atoms with Crippen molar-refractivity contribution in [2.75, 3.05) is 39.4 Å². The molecule has 0 atom stereocenters. The number of carbonyl (C=O) groups is 1. The van der Waals surface area contributed by atoms with Crippen LogP contribution in [-0.4, -0.2) is 60.0 Å². The van der Waals surface area contributed by atoms with Gasteiger partial charge in [-0.2, -0.15) is 5.10 Å². The number of aryl methyl sites for hydroxylation is 1. The molecule has 1 aliphatic rings. The fourth-order valence-corrected chi connectivity index (χ4v) is 2.96. The summed E-state index contributed by atoms with van der Waals surface area (Å²) in [5.41, 5.74) is 1.97. The van der Waals surface area contributed by atoms with Crippen molar-refractivity contribution in [1.29, 1.82) is 0 Å². The van der Waals surface area contributed by atoms with Crippen LogP contribution in [0.1, 0.15) is 12.1 Å². The molecule has 6 nitrogen and oxygen atoms in total. The van der Waals surface area contributed by atoms with Crippen molar-refractivity contribution in [2.24, 2.45) is 0 Å². The number of morpholine rings is 1. The van der Waals surface area contributed by atoms with Crippen molar-refractivity contribution < 1.29 is 9.53 Å². The molecule has 6 heteroatoms. The van der Waals surface area contributed by atoms with Gasteiger partial charge in [-0.05, 0) is 26.0 Å². The molecule has 23 heavy (non-hydrogen) atoms. The lowest BCUT2D eigenvalue weighted by atomic mass is 10.2. The maximum absolute atomic E-state index is 12.1. The van der Waals surface area contributed by atoms with E-state index in [2.05, 4.69) is 15.3 Å². The number of hydrogen-bond acceptors (Lipinski definition) is 4. The fourth-order valence-electron chi connectivity index (χ4n) is 2.96. The van der Waals surface area contributed by atoms with Gasteiger partial charge in [-0.15, -0.1) is 0 Å². The first-order chi connectivity index (χ1) is 11.2. The number of amides is 1. The fraction of sp³-hybridized carbons (Fsp3) is 0.529. The summed E-state index contributed by atoms with van der Waals surface area (Å²) in [4.78, 5) is 14.5. The van der Waals surface area contributed by atoms with Gasteiger partial charge in [0.25, 0.3) is 0 Å². The van der Waals surface area contributed by atoms with E-state index >= 15 is 0 Å². The van der Waals surface area contributed by atoms with Crippen molar-refractivity contribution in [3.05, 3.63) is 30.0 Å². The topological polar surface area (TPSA) is 59.4 Å². The minimum Gasteiger partial charge on any atom is -0.379 e. The highest BCUT2D eigenvalue weighted by Gasteiger charge is 2.11.